The lowest BCUT2D eigenvalue weighted by molar-refractivity contribution is -0.133. The second-order valence-electron chi connectivity index (χ2n) is 4.11. The van der Waals surface area contributed by atoms with Gasteiger partial charge in [0, 0.05) is 33.2 Å². The Bertz CT molecular complexity index is 264. The number of carbonyl (C=O) groups is 2. The molecule has 0 spiro atoms. The molecule has 1 aliphatic rings. The van der Waals surface area contributed by atoms with Crippen LogP contribution in [0.15, 0.2) is 0 Å². The minimum atomic E-state index is -0.0556. The lowest BCUT2D eigenvalue weighted by Crippen LogP contribution is -2.50. The molecule has 98 valence electrons. The molecular formula is C11H22N4O2. The van der Waals surface area contributed by atoms with Crippen LogP contribution < -0.4 is 10.6 Å². The third-order valence-corrected chi connectivity index (χ3v) is 2.92. The Balaban J connectivity index is 2.38. The van der Waals surface area contributed by atoms with Gasteiger partial charge < -0.3 is 15.5 Å². The molecule has 0 aliphatic carbocycles. The largest absolute Gasteiger partial charge is 0.358 e. The number of nitrogens with zero attached hydrogens (tertiary/aromatic N) is 2. The minimum absolute atomic E-state index is 0.0556. The van der Waals surface area contributed by atoms with E-state index in [9.17, 15) is 9.59 Å². The van der Waals surface area contributed by atoms with E-state index >= 15 is 0 Å². The third kappa shape index (κ3) is 4.70. The van der Waals surface area contributed by atoms with Gasteiger partial charge in [0.2, 0.25) is 11.8 Å². The maximum Gasteiger partial charge on any atom is 0.236 e. The normalized spacial score (nSPS) is 16.1. The molecule has 0 atom stereocenters. The molecule has 0 bridgehead atoms. The van der Waals surface area contributed by atoms with Crippen molar-refractivity contribution in [3.63, 3.8) is 0 Å². The van der Waals surface area contributed by atoms with E-state index in [2.05, 4.69) is 10.6 Å². The predicted molar refractivity (Wildman–Crippen MR) is 65.6 cm³/mol. The van der Waals surface area contributed by atoms with Crippen molar-refractivity contribution < 1.29 is 9.59 Å². The molecule has 0 unspecified atom stereocenters. The summed E-state index contributed by atoms with van der Waals surface area (Å²) in [5, 5.41) is 5.77. The first-order valence-electron chi connectivity index (χ1n) is 6.08. The molecule has 0 aromatic rings. The number of rotatable bonds is 5. The van der Waals surface area contributed by atoms with Gasteiger partial charge in [0.15, 0.2) is 0 Å². The quantitative estimate of drug-likeness (QED) is 0.615. The van der Waals surface area contributed by atoms with Gasteiger partial charge in [0.05, 0.1) is 13.1 Å². The minimum Gasteiger partial charge on any atom is -0.358 e. The first-order valence-corrected chi connectivity index (χ1v) is 6.08. The number of hydrogen-bond donors (Lipinski definition) is 2. The maximum absolute atomic E-state index is 12.0. The molecule has 2 amide bonds. The summed E-state index contributed by atoms with van der Waals surface area (Å²) in [5.74, 6) is 0.0530. The van der Waals surface area contributed by atoms with Crippen molar-refractivity contribution in [2.45, 2.75) is 6.92 Å². The SMILES string of the molecule is CCN(CC(=O)NC)CC(=O)N1CCNCC1. The van der Waals surface area contributed by atoms with Crippen LogP contribution in [0.2, 0.25) is 0 Å². The number of carbonyl (C=O) groups excluding carboxylic acids is 2. The van der Waals surface area contributed by atoms with E-state index in [4.69, 9.17) is 0 Å². The Morgan fingerprint density at radius 2 is 1.94 bits per heavy atom. The fourth-order valence-corrected chi connectivity index (χ4v) is 1.77. The van der Waals surface area contributed by atoms with E-state index in [-0.39, 0.29) is 18.4 Å². The van der Waals surface area contributed by atoms with Crippen molar-refractivity contribution in [1.82, 2.24) is 20.4 Å². The highest BCUT2D eigenvalue weighted by atomic mass is 16.2. The van der Waals surface area contributed by atoms with E-state index in [0.717, 1.165) is 26.2 Å². The van der Waals surface area contributed by atoms with Gasteiger partial charge in [0.25, 0.3) is 0 Å². The van der Waals surface area contributed by atoms with Gasteiger partial charge in [-0.15, -0.1) is 0 Å². The van der Waals surface area contributed by atoms with Crippen molar-refractivity contribution >= 4 is 11.8 Å². The highest BCUT2D eigenvalue weighted by Gasteiger charge is 2.19. The fourth-order valence-electron chi connectivity index (χ4n) is 1.77. The van der Waals surface area contributed by atoms with Crippen LogP contribution in [0.4, 0.5) is 0 Å². The summed E-state index contributed by atoms with van der Waals surface area (Å²) in [6.45, 7) is 6.49. The van der Waals surface area contributed by atoms with Crippen molar-refractivity contribution in [3.05, 3.63) is 0 Å². The number of likely N-dealkylation sites (N-methyl/N-ethyl adjacent to an activating group) is 2. The standard InChI is InChI=1S/C11H22N4O2/c1-3-14(8-10(16)12-2)9-11(17)15-6-4-13-5-7-15/h13H,3-9H2,1-2H3,(H,12,16). The number of nitrogens with one attached hydrogen (secondary N) is 2. The highest BCUT2D eigenvalue weighted by molar-refractivity contribution is 5.81. The first-order chi connectivity index (χ1) is 8.17. The lowest BCUT2D eigenvalue weighted by Gasteiger charge is -2.29. The van der Waals surface area contributed by atoms with Crippen molar-refractivity contribution in [2.75, 3.05) is 52.9 Å². The van der Waals surface area contributed by atoms with Crippen LogP contribution in [0.3, 0.4) is 0 Å². The van der Waals surface area contributed by atoms with Crippen molar-refractivity contribution in [3.8, 4) is 0 Å². The van der Waals surface area contributed by atoms with Gasteiger partial charge >= 0.3 is 0 Å². The monoisotopic (exact) mass is 242 g/mol. The van der Waals surface area contributed by atoms with Crippen molar-refractivity contribution in [2.24, 2.45) is 0 Å². The molecule has 0 aromatic carbocycles. The molecule has 6 nitrogen and oxygen atoms in total. The van der Waals surface area contributed by atoms with Gasteiger partial charge in [0.1, 0.15) is 0 Å². The first kappa shape index (κ1) is 13.9. The van der Waals surface area contributed by atoms with Crippen LogP contribution in [-0.2, 0) is 9.59 Å². The zero-order valence-corrected chi connectivity index (χ0v) is 10.7. The van der Waals surface area contributed by atoms with Crippen LogP contribution in [0.1, 0.15) is 6.92 Å². The summed E-state index contributed by atoms with van der Waals surface area (Å²) in [5.41, 5.74) is 0. The summed E-state index contributed by atoms with van der Waals surface area (Å²) in [7, 11) is 1.61. The van der Waals surface area contributed by atoms with E-state index in [1.54, 1.807) is 7.05 Å². The number of hydrogen-bond acceptors (Lipinski definition) is 4. The van der Waals surface area contributed by atoms with Crippen LogP contribution >= 0.6 is 0 Å². The summed E-state index contributed by atoms with van der Waals surface area (Å²) >= 11 is 0. The molecule has 1 rings (SSSR count). The van der Waals surface area contributed by atoms with E-state index in [1.807, 2.05) is 16.7 Å². The average Bonchev–Trinajstić information content (AvgIpc) is 2.38. The maximum atomic E-state index is 12.0. The predicted octanol–water partition coefficient (Wildman–Crippen LogP) is -1.51. The average molecular weight is 242 g/mol. The van der Waals surface area contributed by atoms with E-state index < -0.39 is 0 Å². The number of piperazine rings is 1. The topological polar surface area (TPSA) is 64.7 Å². The van der Waals surface area contributed by atoms with Gasteiger partial charge in [-0.25, -0.2) is 0 Å². The van der Waals surface area contributed by atoms with Gasteiger partial charge in [-0.2, -0.15) is 0 Å². The van der Waals surface area contributed by atoms with Gasteiger partial charge in [-0.1, -0.05) is 6.92 Å². The zero-order chi connectivity index (χ0) is 12.7. The summed E-state index contributed by atoms with van der Waals surface area (Å²) < 4.78 is 0. The molecule has 0 saturated carbocycles. The molecule has 2 N–H and O–H groups in total. The highest BCUT2D eigenvalue weighted by Crippen LogP contribution is 1.96. The smallest absolute Gasteiger partial charge is 0.236 e. The second kappa shape index (κ2) is 7.24. The van der Waals surface area contributed by atoms with Crippen LogP contribution in [-0.4, -0.2) is 74.5 Å². The van der Waals surface area contributed by atoms with E-state index in [1.165, 1.54) is 0 Å². The molecule has 0 radical (unpaired) electrons. The Morgan fingerprint density at radius 3 is 2.47 bits per heavy atom. The summed E-state index contributed by atoms with van der Waals surface area (Å²) in [6.07, 6.45) is 0. The van der Waals surface area contributed by atoms with Crippen LogP contribution in [0.25, 0.3) is 0 Å². The Labute approximate surface area is 102 Å². The molecule has 1 aliphatic heterocycles. The van der Waals surface area contributed by atoms with Crippen LogP contribution in [0, 0.1) is 0 Å². The molecule has 17 heavy (non-hydrogen) atoms. The van der Waals surface area contributed by atoms with Crippen LogP contribution in [0.5, 0.6) is 0 Å². The fraction of sp³-hybridized carbons (Fsp3) is 0.818. The Morgan fingerprint density at radius 1 is 1.29 bits per heavy atom. The Kier molecular flexibility index (Phi) is 5.93. The Hall–Kier alpha value is -1.14. The summed E-state index contributed by atoms with van der Waals surface area (Å²) in [4.78, 5) is 26.9. The molecule has 6 heteroatoms. The lowest BCUT2D eigenvalue weighted by atomic mass is 10.3. The van der Waals surface area contributed by atoms with Crippen molar-refractivity contribution in [1.29, 1.82) is 0 Å². The zero-order valence-electron chi connectivity index (χ0n) is 10.7. The van der Waals surface area contributed by atoms with Gasteiger partial charge in [-0.3, -0.25) is 14.5 Å². The molecular weight excluding hydrogens is 220 g/mol. The second-order valence-corrected chi connectivity index (χ2v) is 4.11. The number of amides is 2. The molecule has 1 heterocycles. The van der Waals surface area contributed by atoms with E-state index in [0.29, 0.717) is 13.1 Å². The molecule has 1 saturated heterocycles. The molecule has 0 aromatic heterocycles. The molecule has 1 fully saturated rings. The summed E-state index contributed by atoms with van der Waals surface area (Å²) in [6, 6.07) is 0. The van der Waals surface area contributed by atoms with Gasteiger partial charge in [-0.05, 0) is 6.54 Å². The third-order valence-electron chi connectivity index (χ3n) is 2.92.